The number of benzene rings is 1. The number of amides is 1. The second-order valence-corrected chi connectivity index (χ2v) is 5.61. The fraction of sp³-hybridized carbons (Fsp3) is 0.389. The van der Waals surface area contributed by atoms with Gasteiger partial charge in [0, 0.05) is 31.5 Å². The van der Waals surface area contributed by atoms with Crippen LogP contribution in [0.25, 0.3) is 11.4 Å². The molecule has 2 aromatic rings. The molecule has 0 aliphatic carbocycles. The second-order valence-electron chi connectivity index (χ2n) is 5.61. The molecule has 6 heteroatoms. The van der Waals surface area contributed by atoms with Gasteiger partial charge in [0.15, 0.2) is 0 Å². The highest BCUT2D eigenvalue weighted by molar-refractivity contribution is 5.76. The number of nitrogens with zero attached hydrogens (tertiary/aromatic N) is 3. The molecule has 2 rings (SSSR count). The van der Waals surface area contributed by atoms with Crippen molar-refractivity contribution in [3.8, 4) is 17.1 Å². The minimum Gasteiger partial charge on any atom is -0.497 e. The maximum atomic E-state index is 12.2. The third kappa shape index (κ3) is 4.68. The van der Waals surface area contributed by atoms with E-state index in [0.717, 1.165) is 16.9 Å². The van der Waals surface area contributed by atoms with Gasteiger partial charge in [0.25, 0.3) is 0 Å². The molecule has 1 aromatic heterocycles. The lowest BCUT2D eigenvalue weighted by Gasteiger charge is -2.20. The number of ether oxygens (including phenoxy) is 1. The van der Waals surface area contributed by atoms with Gasteiger partial charge in [0.2, 0.25) is 17.6 Å². The van der Waals surface area contributed by atoms with Gasteiger partial charge < -0.3 is 14.2 Å². The summed E-state index contributed by atoms with van der Waals surface area (Å²) in [7, 11) is 1.62. The lowest BCUT2D eigenvalue weighted by Crippen LogP contribution is -2.32. The molecule has 0 fully saturated rings. The largest absolute Gasteiger partial charge is 0.497 e. The van der Waals surface area contributed by atoms with Crippen LogP contribution in [0.4, 0.5) is 0 Å². The van der Waals surface area contributed by atoms with E-state index in [1.165, 1.54) is 0 Å². The maximum absolute atomic E-state index is 12.2. The van der Waals surface area contributed by atoms with E-state index in [1.54, 1.807) is 12.0 Å². The van der Waals surface area contributed by atoms with Crippen molar-refractivity contribution < 1.29 is 14.1 Å². The fourth-order valence-electron chi connectivity index (χ4n) is 2.29. The Morgan fingerprint density at radius 1 is 1.33 bits per heavy atom. The van der Waals surface area contributed by atoms with Crippen LogP contribution in [0.3, 0.4) is 0 Å². The average Bonchev–Trinajstić information content (AvgIpc) is 3.06. The monoisotopic (exact) mass is 329 g/mol. The van der Waals surface area contributed by atoms with Crippen molar-refractivity contribution in [1.29, 1.82) is 0 Å². The van der Waals surface area contributed by atoms with Crippen LogP contribution in [0, 0.1) is 0 Å². The average molecular weight is 329 g/mol. The summed E-state index contributed by atoms with van der Waals surface area (Å²) in [6.07, 6.45) is 0.764. The zero-order valence-corrected chi connectivity index (χ0v) is 14.4. The molecule has 6 nitrogen and oxygen atoms in total. The molecule has 1 amide bonds. The lowest BCUT2D eigenvalue weighted by atomic mass is 10.2. The summed E-state index contributed by atoms with van der Waals surface area (Å²) < 4.78 is 10.4. The number of hydrogen-bond acceptors (Lipinski definition) is 5. The van der Waals surface area contributed by atoms with Gasteiger partial charge in [-0.15, -0.1) is 0 Å². The molecule has 0 saturated heterocycles. The third-order valence-electron chi connectivity index (χ3n) is 3.56. The Bertz CT molecular complexity index is 692. The number of rotatable bonds is 8. The standard InChI is InChI=1S/C18H23N3O3/c1-5-21(12-13(2)3)17(22)11-10-16-19-18(20-24-16)14-6-8-15(23-4)9-7-14/h6-9H,2,5,10-12H2,1,3-4H3. The Kier molecular flexibility index (Phi) is 6.12. The molecule has 0 bridgehead atoms. The second kappa shape index (κ2) is 8.29. The maximum Gasteiger partial charge on any atom is 0.227 e. The van der Waals surface area contributed by atoms with Crippen LogP contribution in [0.2, 0.25) is 0 Å². The predicted molar refractivity (Wildman–Crippen MR) is 91.7 cm³/mol. The molecule has 0 aliphatic rings. The molecular formula is C18H23N3O3. The lowest BCUT2D eigenvalue weighted by molar-refractivity contribution is -0.130. The van der Waals surface area contributed by atoms with Crippen molar-refractivity contribution in [1.82, 2.24) is 15.0 Å². The highest BCUT2D eigenvalue weighted by Crippen LogP contribution is 2.20. The van der Waals surface area contributed by atoms with E-state index in [0.29, 0.717) is 37.6 Å². The van der Waals surface area contributed by atoms with Crippen molar-refractivity contribution in [3.05, 3.63) is 42.3 Å². The summed E-state index contributed by atoms with van der Waals surface area (Å²) in [6, 6.07) is 7.41. The number of likely N-dealkylation sites (N-methyl/N-ethyl adjacent to an activating group) is 1. The summed E-state index contributed by atoms with van der Waals surface area (Å²) in [5, 5.41) is 3.97. The van der Waals surface area contributed by atoms with E-state index in [1.807, 2.05) is 38.1 Å². The van der Waals surface area contributed by atoms with Crippen LogP contribution in [0.5, 0.6) is 5.75 Å². The molecule has 1 aromatic carbocycles. The van der Waals surface area contributed by atoms with Gasteiger partial charge in [-0.05, 0) is 38.1 Å². The van der Waals surface area contributed by atoms with Gasteiger partial charge in [-0.1, -0.05) is 17.3 Å². The zero-order valence-electron chi connectivity index (χ0n) is 14.4. The Hall–Kier alpha value is -2.63. The molecule has 1 heterocycles. The summed E-state index contributed by atoms with van der Waals surface area (Å²) in [5.74, 6) is 1.80. The minimum absolute atomic E-state index is 0.0599. The van der Waals surface area contributed by atoms with Crippen molar-refractivity contribution in [3.63, 3.8) is 0 Å². The number of carbonyl (C=O) groups excluding carboxylic acids is 1. The number of carbonyl (C=O) groups is 1. The van der Waals surface area contributed by atoms with Gasteiger partial charge in [-0.25, -0.2) is 0 Å². The van der Waals surface area contributed by atoms with Crippen LogP contribution >= 0.6 is 0 Å². The Balaban J connectivity index is 1.95. The summed E-state index contributed by atoms with van der Waals surface area (Å²) in [5.41, 5.74) is 1.80. The molecule has 0 unspecified atom stereocenters. The zero-order chi connectivity index (χ0) is 17.5. The van der Waals surface area contributed by atoms with Gasteiger partial charge in [0.1, 0.15) is 5.75 Å². The molecule has 0 radical (unpaired) electrons. The smallest absolute Gasteiger partial charge is 0.227 e. The normalized spacial score (nSPS) is 10.5. The molecule has 0 N–H and O–H groups in total. The van der Waals surface area contributed by atoms with Gasteiger partial charge >= 0.3 is 0 Å². The first kappa shape index (κ1) is 17.7. The van der Waals surface area contributed by atoms with E-state index >= 15 is 0 Å². The quantitative estimate of drug-likeness (QED) is 0.696. The molecule has 0 aliphatic heterocycles. The Labute approximate surface area is 142 Å². The molecular weight excluding hydrogens is 306 g/mol. The topological polar surface area (TPSA) is 68.5 Å². The predicted octanol–water partition coefficient (Wildman–Crippen LogP) is 3.10. The van der Waals surface area contributed by atoms with Crippen molar-refractivity contribution in [2.45, 2.75) is 26.7 Å². The van der Waals surface area contributed by atoms with Crippen LogP contribution in [-0.2, 0) is 11.2 Å². The molecule has 0 atom stereocenters. The number of methoxy groups -OCH3 is 1. The highest BCUT2D eigenvalue weighted by atomic mass is 16.5. The van der Waals surface area contributed by atoms with E-state index in [2.05, 4.69) is 16.7 Å². The van der Waals surface area contributed by atoms with Crippen molar-refractivity contribution in [2.75, 3.05) is 20.2 Å². The SMILES string of the molecule is C=C(C)CN(CC)C(=O)CCc1nc(-c2ccc(OC)cc2)no1. The first-order chi connectivity index (χ1) is 11.5. The summed E-state index contributed by atoms with van der Waals surface area (Å²) in [4.78, 5) is 18.3. The molecule has 0 saturated carbocycles. The molecule has 0 spiro atoms. The number of hydrogen-bond donors (Lipinski definition) is 0. The summed E-state index contributed by atoms with van der Waals surface area (Å²) >= 11 is 0. The number of aryl methyl sites for hydroxylation is 1. The molecule has 128 valence electrons. The highest BCUT2D eigenvalue weighted by Gasteiger charge is 2.14. The first-order valence-corrected chi connectivity index (χ1v) is 7.92. The summed E-state index contributed by atoms with van der Waals surface area (Å²) in [6.45, 7) is 8.95. The molecule has 24 heavy (non-hydrogen) atoms. The fourth-order valence-corrected chi connectivity index (χ4v) is 2.29. The van der Waals surface area contributed by atoms with Crippen LogP contribution in [0.15, 0.2) is 40.9 Å². The third-order valence-corrected chi connectivity index (χ3v) is 3.56. The minimum atomic E-state index is 0.0599. The van der Waals surface area contributed by atoms with Crippen LogP contribution in [-0.4, -0.2) is 41.1 Å². The first-order valence-electron chi connectivity index (χ1n) is 7.92. The van der Waals surface area contributed by atoms with Crippen molar-refractivity contribution >= 4 is 5.91 Å². The van der Waals surface area contributed by atoms with E-state index in [9.17, 15) is 4.79 Å². The number of aromatic nitrogens is 2. The van der Waals surface area contributed by atoms with Crippen LogP contribution < -0.4 is 4.74 Å². The van der Waals surface area contributed by atoms with E-state index in [4.69, 9.17) is 9.26 Å². The van der Waals surface area contributed by atoms with E-state index in [-0.39, 0.29) is 5.91 Å². The van der Waals surface area contributed by atoms with Crippen molar-refractivity contribution in [2.24, 2.45) is 0 Å². The van der Waals surface area contributed by atoms with Gasteiger partial charge in [-0.3, -0.25) is 4.79 Å². The van der Waals surface area contributed by atoms with Gasteiger partial charge in [-0.2, -0.15) is 4.98 Å². The Morgan fingerprint density at radius 2 is 2.04 bits per heavy atom. The van der Waals surface area contributed by atoms with Crippen LogP contribution in [0.1, 0.15) is 26.2 Å². The van der Waals surface area contributed by atoms with Gasteiger partial charge in [0.05, 0.1) is 7.11 Å². The van der Waals surface area contributed by atoms with E-state index < -0.39 is 0 Å². The Morgan fingerprint density at radius 3 is 2.62 bits per heavy atom.